The number of rotatable bonds is 1. The predicted octanol–water partition coefficient (Wildman–Crippen LogP) is 1.47. The molecule has 3 nitrogen and oxygen atoms in total. The minimum absolute atomic E-state index is 0.328. The van der Waals surface area contributed by atoms with Gasteiger partial charge in [-0.1, -0.05) is 0 Å². The molecule has 0 bridgehead atoms. The molecule has 1 heterocycles. The van der Waals surface area contributed by atoms with Gasteiger partial charge in [0.05, 0.1) is 12.7 Å². The first-order valence-electron chi connectivity index (χ1n) is 2.94. The van der Waals surface area contributed by atoms with Gasteiger partial charge in [0, 0.05) is 6.20 Å². The number of hydrogen-bond acceptors (Lipinski definition) is 3. The first kappa shape index (κ1) is 8.45. The lowest BCUT2D eigenvalue weighted by molar-refractivity contribution is 0.0600. The highest BCUT2D eigenvalue weighted by molar-refractivity contribution is 14.1. The number of methoxy groups -OCH3 is 1. The molecule has 0 saturated heterocycles. The van der Waals surface area contributed by atoms with Gasteiger partial charge >= 0.3 is 5.97 Å². The highest BCUT2D eigenvalue weighted by Crippen LogP contribution is 2.04. The SMILES string of the molecule is COC(=O)c1ccnc([123I])c1. The molecule has 1 aromatic heterocycles. The van der Waals surface area contributed by atoms with Crippen molar-refractivity contribution in [2.75, 3.05) is 7.11 Å². The van der Waals surface area contributed by atoms with Crippen LogP contribution in [0.25, 0.3) is 0 Å². The summed E-state index contributed by atoms with van der Waals surface area (Å²) in [5.74, 6) is -0.328. The fourth-order valence-electron chi connectivity index (χ4n) is 0.647. The summed E-state index contributed by atoms with van der Waals surface area (Å²) in [5, 5.41) is 0. The molecule has 0 atom stereocenters. The van der Waals surface area contributed by atoms with Gasteiger partial charge in [-0.25, -0.2) is 4.79 Å². The lowest BCUT2D eigenvalue weighted by Crippen LogP contribution is -2.01. The van der Waals surface area contributed by atoms with Crippen molar-refractivity contribution in [2.45, 2.75) is 0 Å². The van der Waals surface area contributed by atoms with E-state index < -0.39 is 0 Å². The molecule has 1 rings (SSSR count). The Balaban J connectivity index is 2.96. The summed E-state index contributed by atoms with van der Waals surface area (Å²) in [7, 11) is 1.36. The monoisotopic (exact) mass is 259 g/mol. The molecule has 0 radical (unpaired) electrons. The Morgan fingerprint density at radius 2 is 2.45 bits per heavy atom. The summed E-state index contributed by atoms with van der Waals surface area (Å²) in [5.41, 5.74) is 0.534. The Labute approximate surface area is 77.9 Å². The Hall–Kier alpha value is -0.650. The number of aromatic nitrogens is 1. The maximum absolute atomic E-state index is 10.9. The number of esters is 1. The van der Waals surface area contributed by atoms with Crippen molar-refractivity contribution in [1.29, 1.82) is 0 Å². The molecule has 0 fully saturated rings. The van der Waals surface area contributed by atoms with Crippen molar-refractivity contribution in [3.63, 3.8) is 0 Å². The third kappa shape index (κ3) is 2.14. The molecule has 0 aromatic carbocycles. The largest absolute Gasteiger partial charge is 0.465 e. The lowest BCUT2D eigenvalue weighted by atomic mass is 10.3. The van der Waals surface area contributed by atoms with E-state index in [4.69, 9.17) is 0 Å². The van der Waals surface area contributed by atoms with Crippen molar-refractivity contribution in [2.24, 2.45) is 0 Å². The van der Waals surface area contributed by atoms with Gasteiger partial charge in [0.25, 0.3) is 0 Å². The van der Waals surface area contributed by atoms with Crippen LogP contribution < -0.4 is 0 Å². The molecular formula is C7H6INO2. The highest BCUT2D eigenvalue weighted by atomic mass is 123. The average molecular weight is 259 g/mol. The summed E-state index contributed by atoms with van der Waals surface area (Å²) in [6, 6.07) is 3.29. The Bertz CT molecular complexity index is 275. The minimum Gasteiger partial charge on any atom is -0.465 e. The van der Waals surface area contributed by atoms with Crippen LogP contribution in [0.15, 0.2) is 18.3 Å². The molecule has 4 heteroatoms. The Morgan fingerprint density at radius 3 is 3.00 bits per heavy atom. The normalized spacial score (nSPS) is 9.27. The van der Waals surface area contributed by atoms with Crippen LogP contribution in [0.4, 0.5) is 0 Å². The van der Waals surface area contributed by atoms with Crippen LogP contribution in [0, 0.1) is 3.70 Å². The maximum Gasteiger partial charge on any atom is 0.337 e. The van der Waals surface area contributed by atoms with E-state index in [9.17, 15) is 4.79 Å². The lowest BCUT2D eigenvalue weighted by Gasteiger charge is -1.97. The van der Waals surface area contributed by atoms with Crippen molar-refractivity contribution in [1.82, 2.24) is 4.98 Å². The van der Waals surface area contributed by atoms with Crippen molar-refractivity contribution in [3.8, 4) is 0 Å². The minimum atomic E-state index is -0.328. The van der Waals surface area contributed by atoms with Gasteiger partial charge in [-0.2, -0.15) is 0 Å². The Kier molecular flexibility index (Phi) is 2.81. The number of carbonyl (C=O) groups is 1. The molecule has 11 heavy (non-hydrogen) atoms. The number of ether oxygens (including phenoxy) is 1. The first-order chi connectivity index (χ1) is 5.24. The second kappa shape index (κ2) is 3.66. The van der Waals surface area contributed by atoms with Gasteiger partial charge < -0.3 is 4.74 Å². The molecule has 0 saturated carbocycles. The van der Waals surface area contributed by atoms with Gasteiger partial charge in [0.2, 0.25) is 0 Å². The molecule has 0 N–H and O–H groups in total. The van der Waals surface area contributed by atoms with Crippen LogP contribution in [0.2, 0.25) is 0 Å². The van der Waals surface area contributed by atoms with Crippen molar-refractivity contribution >= 4 is 28.6 Å². The van der Waals surface area contributed by atoms with E-state index in [1.54, 1.807) is 18.3 Å². The quantitative estimate of drug-likeness (QED) is 0.435. The molecule has 1 aromatic rings. The van der Waals surface area contributed by atoms with Crippen LogP contribution in [0.1, 0.15) is 10.4 Å². The van der Waals surface area contributed by atoms with Crippen LogP contribution in [0.5, 0.6) is 0 Å². The molecule has 0 spiro atoms. The van der Waals surface area contributed by atoms with E-state index in [0.717, 1.165) is 3.70 Å². The van der Waals surface area contributed by atoms with Gasteiger partial charge in [-0.15, -0.1) is 0 Å². The second-order valence-electron chi connectivity index (χ2n) is 1.86. The topological polar surface area (TPSA) is 39.2 Å². The summed E-state index contributed by atoms with van der Waals surface area (Å²) < 4.78 is 5.30. The fraction of sp³-hybridized carbons (Fsp3) is 0.143. The third-order valence-electron chi connectivity index (χ3n) is 1.15. The van der Waals surface area contributed by atoms with Crippen molar-refractivity contribution < 1.29 is 9.53 Å². The maximum atomic E-state index is 10.9. The highest BCUT2D eigenvalue weighted by Gasteiger charge is 2.03. The summed E-state index contributed by atoms with van der Waals surface area (Å²) in [4.78, 5) is 14.8. The van der Waals surface area contributed by atoms with E-state index in [0.29, 0.717) is 5.56 Å². The second-order valence-corrected chi connectivity index (χ2v) is 2.96. The number of hydrogen-bond donors (Lipinski definition) is 0. The third-order valence-corrected chi connectivity index (χ3v) is 1.74. The van der Waals surface area contributed by atoms with Gasteiger partial charge in [-0.05, 0) is 34.7 Å². The zero-order valence-corrected chi connectivity index (χ0v) is 8.03. The summed E-state index contributed by atoms with van der Waals surface area (Å²) in [6.45, 7) is 0. The van der Waals surface area contributed by atoms with Crippen LogP contribution in [0.3, 0.4) is 0 Å². The standard InChI is InChI=1S/C7H6INO2/c1-11-7(10)5-2-3-9-6(8)4-5/h2-4H,1H3/i8-4. The number of halogens is 1. The van der Waals surface area contributed by atoms with Gasteiger partial charge in [0.15, 0.2) is 0 Å². The van der Waals surface area contributed by atoms with Crippen LogP contribution in [-0.2, 0) is 4.74 Å². The molecular weight excluding hydrogens is 253 g/mol. The van der Waals surface area contributed by atoms with Gasteiger partial charge in [-0.3, -0.25) is 4.98 Å². The summed E-state index contributed by atoms with van der Waals surface area (Å²) in [6.07, 6.45) is 1.58. The Morgan fingerprint density at radius 1 is 1.73 bits per heavy atom. The van der Waals surface area contributed by atoms with E-state index in [2.05, 4.69) is 9.72 Å². The molecule has 0 aliphatic heterocycles. The zero-order valence-electron chi connectivity index (χ0n) is 5.87. The van der Waals surface area contributed by atoms with Crippen molar-refractivity contribution in [3.05, 3.63) is 27.6 Å². The van der Waals surface area contributed by atoms with E-state index >= 15 is 0 Å². The predicted molar refractivity (Wildman–Crippen MR) is 48.3 cm³/mol. The summed E-state index contributed by atoms with van der Waals surface area (Å²) >= 11 is 2.04. The molecule has 0 amide bonds. The molecule has 58 valence electrons. The first-order valence-corrected chi connectivity index (χ1v) is 4.02. The van der Waals surface area contributed by atoms with Gasteiger partial charge in [0.1, 0.15) is 3.70 Å². The van der Waals surface area contributed by atoms with Crippen LogP contribution >= 0.6 is 22.6 Å². The van der Waals surface area contributed by atoms with Crippen LogP contribution in [-0.4, -0.2) is 18.1 Å². The van der Waals surface area contributed by atoms with E-state index in [1.807, 2.05) is 22.6 Å². The number of nitrogens with zero attached hydrogens (tertiary/aromatic N) is 1. The average Bonchev–Trinajstić information content (AvgIpc) is 2.03. The number of carbonyl (C=O) groups excluding carboxylic acids is 1. The smallest absolute Gasteiger partial charge is 0.337 e. The molecule has 0 unspecified atom stereocenters. The van der Waals surface area contributed by atoms with E-state index in [-0.39, 0.29) is 5.97 Å². The fourth-order valence-corrected chi connectivity index (χ4v) is 1.14. The van der Waals surface area contributed by atoms with E-state index in [1.165, 1.54) is 7.11 Å². The number of pyridine rings is 1. The zero-order chi connectivity index (χ0) is 8.27. The molecule has 0 aliphatic rings. The molecule has 0 aliphatic carbocycles.